The fourth-order valence-electron chi connectivity index (χ4n) is 3.79. The van der Waals surface area contributed by atoms with Crippen LogP contribution in [0.2, 0.25) is 0 Å². The third kappa shape index (κ3) is 6.22. The Labute approximate surface area is 213 Å². The van der Waals surface area contributed by atoms with Crippen LogP contribution in [-0.4, -0.2) is 53.3 Å². The van der Waals surface area contributed by atoms with Gasteiger partial charge in [-0.1, -0.05) is 6.07 Å². The second-order valence-electron chi connectivity index (χ2n) is 7.97. The molecule has 0 radical (unpaired) electrons. The van der Waals surface area contributed by atoms with Gasteiger partial charge in [0, 0.05) is 18.7 Å². The monoisotopic (exact) mass is 571 g/mol. The lowest BCUT2D eigenvalue weighted by Gasteiger charge is -2.38. The second kappa shape index (κ2) is 10.8. The summed E-state index contributed by atoms with van der Waals surface area (Å²) in [5.74, 6) is -4.46. The van der Waals surface area contributed by atoms with Crippen molar-refractivity contribution >= 4 is 15.7 Å². The zero-order chi connectivity index (χ0) is 28.4. The molecule has 15 heteroatoms. The predicted molar refractivity (Wildman–Crippen MR) is 123 cm³/mol. The first-order valence-corrected chi connectivity index (χ1v) is 12.3. The van der Waals surface area contributed by atoms with Gasteiger partial charge in [0.15, 0.2) is 29.6 Å². The topological polar surface area (TPSA) is 87.9 Å². The van der Waals surface area contributed by atoms with Gasteiger partial charge in [0.2, 0.25) is 5.75 Å². The molecule has 1 unspecified atom stereocenters. The zero-order valence-electron chi connectivity index (χ0n) is 19.6. The molecule has 2 aromatic carbocycles. The minimum Gasteiger partial charge on any atom is -0.493 e. The van der Waals surface area contributed by atoms with Gasteiger partial charge in [0.05, 0.1) is 12.7 Å². The first-order valence-electron chi connectivity index (χ1n) is 10.7. The van der Waals surface area contributed by atoms with Crippen LogP contribution in [0.4, 0.5) is 36.4 Å². The minimum atomic E-state index is -5.37. The van der Waals surface area contributed by atoms with Crippen LogP contribution in [-0.2, 0) is 14.8 Å². The van der Waals surface area contributed by atoms with E-state index in [1.54, 1.807) is 0 Å². The second-order valence-corrected chi connectivity index (χ2v) is 10.0. The number of rotatable bonds is 9. The van der Waals surface area contributed by atoms with Crippen LogP contribution in [0.25, 0.3) is 0 Å². The summed E-state index contributed by atoms with van der Waals surface area (Å²) in [5.41, 5.74) is 4.95. The number of nitrogens with zero attached hydrogens (tertiary/aromatic N) is 1. The van der Waals surface area contributed by atoms with Gasteiger partial charge >= 0.3 is 28.3 Å². The molecule has 0 saturated carbocycles. The summed E-state index contributed by atoms with van der Waals surface area (Å²) < 4.78 is 134. The van der Waals surface area contributed by atoms with Crippen LogP contribution in [0.3, 0.4) is 0 Å². The quantitative estimate of drug-likeness (QED) is 0.331. The molecule has 0 amide bonds. The maximum atomic E-state index is 14.3. The summed E-state index contributed by atoms with van der Waals surface area (Å²) in [6.45, 7) is -3.23. The van der Waals surface area contributed by atoms with Crippen LogP contribution in [0.15, 0.2) is 66.1 Å². The lowest BCUT2D eigenvalue weighted by Crippen LogP contribution is -2.58. The summed E-state index contributed by atoms with van der Waals surface area (Å²) in [7, 11) is -4.11. The summed E-state index contributed by atoms with van der Waals surface area (Å²) in [6, 6.07) is 8.14. The van der Waals surface area contributed by atoms with Gasteiger partial charge in [-0.25, -0.2) is 4.39 Å². The van der Waals surface area contributed by atoms with E-state index >= 15 is 0 Å². The van der Waals surface area contributed by atoms with Crippen molar-refractivity contribution in [3.05, 3.63) is 71.9 Å². The fraction of sp³-hybridized carbons (Fsp3) is 0.304. The third-order valence-corrected chi connectivity index (χ3v) is 7.49. The van der Waals surface area contributed by atoms with Crippen molar-refractivity contribution in [3.8, 4) is 17.2 Å². The van der Waals surface area contributed by atoms with E-state index in [4.69, 9.17) is 19.9 Å². The molecular weight excluding hydrogens is 549 g/mol. The number of halogens is 7. The molecule has 1 atom stereocenters. The normalized spacial score (nSPS) is 18.4. The summed E-state index contributed by atoms with van der Waals surface area (Å²) >= 11 is 0. The largest absolute Gasteiger partial charge is 0.493 e. The highest BCUT2D eigenvalue weighted by atomic mass is 32.2. The van der Waals surface area contributed by atoms with E-state index in [0.29, 0.717) is 0 Å². The Morgan fingerprint density at radius 3 is 2.21 bits per heavy atom. The van der Waals surface area contributed by atoms with Crippen molar-refractivity contribution in [1.82, 2.24) is 3.89 Å². The number of nitrogens with two attached hydrogens (primary N) is 1. The van der Waals surface area contributed by atoms with E-state index < -0.39 is 69.1 Å². The van der Waals surface area contributed by atoms with E-state index in [1.807, 2.05) is 0 Å². The van der Waals surface area contributed by atoms with Crippen LogP contribution < -0.4 is 19.1 Å². The molecule has 0 aromatic heterocycles. The SMILES string of the molecule is COc1cccc(F)c1Oc1ccc([N+]2(S(=O)(=O)CC(F)(F)F)CC=CC(CN)=C2OCC(F)(F)F)cc1. The van der Waals surface area contributed by atoms with E-state index in [-0.39, 0.29) is 22.8 Å². The smallest absolute Gasteiger partial charge is 0.422 e. The number of hydrogen-bond donors (Lipinski definition) is 1. The summed E-state index contributed by atoms with van der Waals surface area (Å²) in [5, 5.41) is 0. The minimum absolute atomic E-state index is 0.0184. The average Bonchev–Trinajstić information content (AvgIpc) is 2.82. The van der Waals surface area contributed by atoms with Gasteiger partial charge in [0.25, 0.3) is 0 Å². The number of quaternary nitrogens is 1. The van der Waals surface area contributed by atoms with Crippen LogP contribution >= 0.6 is 0 Å². The molecule has 0 bridgehead atoms. The van der Waals surface area contributed by atoms with E-state index in [2.05, 4.69) is 0 Å². The van der Waals surface area contributed by atoms with Crippen LogP contribution in [0, 0.1) is 5.82 Å². The van der Waals surface area contributed by atoms with Crippen molar-refractivity contribution in [3.63, 3.8) is 0 Å². The molecule has 2 aromatic rings. The number of methoxy groups -OCH3 is 1. The molecule has 0 saturated heterocycles. The standard InChI is InChI=1S/C23H22F7N2O5S/c1-35-19-6-2-5-18(24)20(19)37-17-9-7-16(8-10-17)32(38(33,34)14-23(28,29)30)11-3-4-15(12-31)21(32)36-13-22(25,26)27/h2-10H,11-14,31H2,1H3/q+1. The van der Waals surface area contributed by atoms with Gasteiger partial charge in [0.1, 0.15) is 12.3 Å². The van der Waals surface area contributed by atoms with Crippen LogP contribution in [0.5, 0.6) is 17.2 Å². The van der Waals surface area contributed by atoms with Crippen molar-refractivity contribution in [2.45, 2.75) is 12.4 Å². The Kier molecular flexibility index (Phi) is 8.33. The summed E-state index contributed by atoms with van der Waals surface area (Å²) in [6.07, 6.45) is -7.81. The number of sulfonamides is 1. The van der Waals surface area contributed by atoms with Crippen molar-refractivity contribution < 1.29 is 53.4 Å². The molecule has 0 aliphatic carbocycles. The lowest BCUT2D eigenvalue weighted by molar-refractivity contribution is -0.168. The molecular formula is C23H22F7N2O5S+. The number of para-hydroxylation sites is 1. The average molecular weight is 571 g/mol. The first kappa shape index (κ1) is 29.3. The van der Waals surface area contributed by atoms with Gasteiger partial charge < -0.3 is 19.9 Å². The van der Waals surface area contributed by atoms with Gasteiger partial charge in [-0.3, -0.25) is 0 Å². The number of alkyl halides is 6. The molecule has 0 spiro atoms. The van der Waals surface area contributed by atoms with Gasteiger partial charge in [-0.05, 0) is 36.4 Å². The van der Waals surface area contributed by atoms with E-state index in [0.717, 1.165) is 30.3 Å². The predicted octanol–water partition coefficient (Wildman–Crippen LogP) is 5.15. The lowest BCUT2D eigenvalue weighted by atomic mass is 10.1. The van der Waals surface area contributed by atoms with E-state index in [9.17, 15) is 39.2 Å². The van der Waals surface area contributed by atoms with Crippen LogP contribution in [0.1, 0.15) is 0 Å². The van der Waals surface area contributed by atoms with E-state index in [1.165, 1.54) is 31.4 Å². The Morgan fingerprint density at radius 2 is 1.66 bits per heavy atom. The third-order valence-electron chi connectivity index (χ3n) is 5.32. The summed E-state index contributed by atoms with van der Waals surface area (Å²) in [4.78, 5) is 0. The van der Waals surface area contributed by atoms with Crippen molar-refractivity contribution in [1.29, 1.82) is 0 Å². The Hall–Kier alpha value is -3.30. The van der Waals surface area contributed by atoms with Crippen molar-refractivity contribution in [2.24, 2.45) is 5.73 Å². The highest BCUT2D eigenvalue weighted by Crippen LogP contribution is 2.42. The first-order chi connectivity index (χ1) is 17.6. The Balaban J connectivity index is 2.16. The zero-order valence-corrected chi connectivity index (χ0v) is 20.5. The molecule has 0 fully saturated rings. The molecule has 1 aliphatic rings. The highest BCUT2D eigenvalue weighted by Gasteiger charge is 2.56. The Morgan fingerprint density at radius 1 is 1.00 bits per heavy atom. The Bertz CT molecular complexity index is 1320. The van der Waals surface area contributed by atoms with Gasteiger partial charge in [-0.15, -0.1) is 3.89 Å². The molecule has 38 heavy (non-hydrogen) atoms. The molecule has 2 N–H and O–H groups in total. The number of benzene rings is 2. The molecule has 3 rings (SSSR count). The maximum Gasteiger partial charge on any atom is 0.422 e. The molecule has 1 heterocycles. The fourth-order valence-corrected chi connectivity index (χ4v) is 5.61. The van der Waals surface area contributed by atoms with Gasteiger partial charge in [-0.2, -0.15) is 34.8 Å². The number of ether oxygens (including phenoxy) is 3. The maximum absolute atomic E-state index is 14.3. The highest BCUT2D eigenvalue weighted by molar-refractivity contribution is 7.91. The molecule has 7 nitrogen and oxygen atoms in total. The van der Waals surface area contributed by atoms with Crippen molar-refractivity contribution in [2.75, 3.05) is 32.6 Å². The molecule has 1 aliphatic heterocycles. The number of hydrogen-bond acceptors (Lipinski definition) is 6. The molecule has 208 valence electrons.